The van der Waals surface area contributed by atoms with E-state index in [4.69, 9.17) is 5.73 Å². The number of rotatable bonds is 4. The van der Waals surface area contributed by atoms with Crippen molar-refractivity contribution in [3.05, 3.63) is 0 Å². The Morgan fingerprint density at radius 2 is 1.75 bits per heavy atom. The fraction of sp³-hybridized carbons (Fsp3) is 0.923. The van der Waals surface area contributed by atoms with Crippen LogP contribution < -0.4 is 5.73 Å². The largest absolute Gasteiger partial charge is 0.368 e. The van der Waals surface area contributed by atoms with Crippen LogP contribution in [0.5, 0.6) is 0 Å². The highest BCUT2D eigenvalue weighted by molar-refractivity contribution is 7.91. The van der Waals surface area contributed by atoms with E-state index in [1.807, 2.05) is 6.92 Å². The van der Waals surface area contributed by atoms with Crippen molar-refractivity contribution in [2.24, 2.45) is 5.73 Å². The zero-order chi connectivity index (χ0) is 14.8. The van der Waals surface area contributed by atoms with Crippen LogP contribution in [0.25, 0.3) is 0 Å². The molecule has 2 heterocycles. The third-order valence-corrected chi connectivity index (χ3v) is 6.16. The van der Waals surface area contributed by atoms with Crippen molar-refractivity contribution in [3.63, 3.8) is 0 Å². The zero-order valence-electron chi connectivity index (χ0n) is 12.1. The summed E-state index contributed by atoms with van der Waals surface area (Å²) >= 11 is 0. The Kier molecular flexibility index (Phi) is 5.04. The number of nitrogens with two attached hydrogens (primary N) is 1. The summed E-state index contributed by atoms with van der Waals surface area (Å²) in [6.45, 7) is 5.03. The summed E-state index contributed by atoms with van der Waals surface area (Å²) in [4.78, 5) is 15.8. The van der Waals surface area contributed by atoms with Gasteiger partial charge in [-0.2, -0.15) is 0 Å². The van der Waals surface area contributed by atoms with Crippen LogP contribution in [0, 0.1) is 0 Å². The van der Waals surface area contributed by atoms with Gasteiger partial charge in [0.25, 0.3) is 0 Å². The summed E-state index contributed by atoms with van der Waals surface area (Å²) in [5, 5.41) is 0. The molecule has 2 N–H and O–H groups in total. The van der Waals surface area contributed by atoms with Gasteiger partial charge in [0.15, 0.2) is 9.84 Å². The Morgan fingerprint density at radius 3 is 2.20 bits per heavy atom. The van der Waals surface area contributed by atoms with Gasteiger partial charge in [0.2, 0.25) is 5.91 Å². The number of hydrogen-bond donors (Lipinski definition) is 1. The van der Waals surface area contributed by atoms with E-state index in [0.717, 1.165) is 32.4 Å². The molecule has 0 bridgehead atoms. The van der Waals surface area contributed by atoms with Gasteiger partial charge in [-0.05, 0) is 19.3 Å². The minimum absolute atomic E-state index is 0.155. The van der Waals surface area contributed by atoms with Crippen molar-refractivity contribution in [2.45, 2.75) is 38.3 Å². The first kappa shape index (κ1) is 15.7. The fourth-order valence-corrected chi connectivity index (χ4v) is 4.52. The lowest BCUT2D eigenvalue weighted by atomic mass is 10.0. The molecule has 2 rings (SSSR count). The zero-order valence-corrected chi connectivity index (χ0v) is 12.9. The molecule has 0 spiro atoms. The summed E-state index contributed by atoms with van der Waals surface area (Å²) in [5.41, 5.74) is 5.43. The summed E-state index contributed by atoms with van der Waals surface area (Å²) in [6, 6.07) is 0.296. The standard InChI is InChI=1S/C13H25N3O3S/c1-2-12(13(14)17)16-5-3-11(4-6-16)15-7-9-20(18,19)10-8-15/h11-12H,2-10H2,1H3,(H2,14,17). The van der Waals surface area contributed by atoms with E-state index < -0.39 is 9.84 Å². The highest BCUT2D eigenvalue weighted by Gasteiger charge is 2.32. The second-order valence-electron chi connectivity index (χ2n) is 5.78. The molecule has 2 aliphatic heterocycles. The Morgan fingerprint density at radius 1 is 1.20 bits per heavy atom. The van der Waals surface area contributed by atoms with Crippen molar-refractivity contribution >= 4 is 15.7 Å². The van der Waals surface area contributed by atoms with Crippen molar-refractivity contribution in [1.82, 2.24) is 9.80 Å². The van der Waals surface area contributed by atoms with Gasteiger partial charge in [0, 0.05) is 32.2 Å². The Hall–Kier alpha value is -0.660. The molecule has 0 radical (unpaired) electrons. The van der Waals surface area contributed by atoms with Gasteiger partial charge in [-0.25, -0.2) is 8.42 Å². The first-order valence-electron chi connectivity index (χ1n) is 7.41. The summed E-state index contributed by atoms with van der Waals surface area (Å²) < 4.78 is 22.9. The number of sulfone groups is 1. The van der Waals surface area contributed by atoms with E-state index in [9.17, 15) is 13.2 Å². The monoisotopic (exact) mass is 303 g/mol. The third-order valence-electron chi connectivity index (χ3n) is 4.55. The van der Waals surface area contributed by atoms with Crippen LogP contribution in [0.3, 0.4) is 0 Å². The number of piperidine rings is 1. The molecule has 0 saturated carbocycles. The van der Waals surface area contributed by atoms with Gasteiger partial charge in [0.05, 0.1) is 17.5 Å². The maximum atomic E-state index is 11.4. The van der Waals surface area contributed by atoms with Crippen molar-refractivity contribution in [3.8, 4) is 0 Å². The van der Waals surface area contributed by atoms with Gasteiger partial charge in [-0.1, -0.05) is 6.92 Å². The molecule has 0 aromatic heterocycles. The van der Waals surface area contributed by atoms with E-state index in [-0.39, 0.29) is 23.5 Å². The molecule has 1 atom stereocenters. The lowest BCUT2D eigenvalue weighted by Gasteiger charge is -2.41. The van der Waals surface area contributed by atoms with Gasteiger partial charge in [0.1, 0.15) is 0 Å². The predicted molar refractivity (Wildman–Crippen MR) is 78.1 cm³/mol. The minimum atomic E-state index is -2.81. The maximum absolute atomic E-state index is 11.4. The summed E-state index contributed by atoms with van der Waals surface area (Å²) in [7, 11) is -2.81. The Bertz CT molecular complexity index is 430. The van der Waals surface area contributed by atoms with Crippen LogP contribution in [-0.4, -0.2) is 73.9 Å². The predicted octanol–water partition coefficient (Wildman–Crippen LogP) is -0.555. The van der Waals surface area contributed by atoms with Crippen LogP contribution in [0.1, 0.15) is 26.2 Å². The highest BCUT2D eigenvalue weighted by Crippen LogP contribution is 2.21. The molecule has 116 valence electrons. The van der Waals surface area contributed by atoms with E-state index in [0.29, 0.717) is 19.1 Å². The number of carbonyl (C=O) groups excluding carboxylic acids is 1. The number of hydrogen-bond acceptors (Lipinski definition) is 5. The molecule has 0 aliphatic carbocycles. The quantitative estimate of drug-likeness (QED) is 0.753. The second-order valence-corrected chi connectivity index (χ2v) is 8.08. The van der Waals surface area contributed by atoms with Crippen LogP contribution in [0.15, 0.2) is 0 Å². The molecule has 1 unspecified atom stereocenters. The van der Waals surface area contributed by atoms with Crippen LogP contribution in [-0.2, 0) is 14.6 Å². The van der Waals surface area contributed by atoms with Gasteiger partial charge >= 0.3 is 0 Å². The number of carbonyl (C=O) groups is 1. The smallest absolute Gasteiger partial charge is 0.234 e. The molecule has 20 heavy (non-hydrogen) atoms. The van der Waals surface area contributed by atoms with E-state index in [1.165, 1.54) is 0 Å². The summed E-state index contributed by atoms with van der Waals surface area (Å²) in [5.74, 6) is 0.327. The molecule has 1 amide bonds. The molecule has 7 heteroatoms. The summed E-state index contributed by atoms with van der Waals surface area (Å²) in [6.07, 6.45) is 2.73. The molecule has 0 aromatic carbocycles. The maximum Gasteiger partial charge on any atom is 0.234 e. The number of nitrogens with zero attached hydrogens (tertiary/aromatic N) is 2. The molecular formula is C13H25N3O3S. The van der Waals surface area contributed by atoms with E-state index in [2.05, 4.69) is 9.80 Å². The van der Waals surface area contributed by atoms with Crippen molar-refractivity contribution < 1.29 is 13.2 Å². The lowest BCUT2D eigenvalue weighted by molar-refractivity contribution is -0.124. The fourth-order valence-electron chi connectivity index (χ4n) is 3.29. The third kappa shape index (κ3) is 3.71. The van der Waals surface area contributed by atoms with Gasteiger partial charge in [-0.15, -0.1) is 0 Å². The van der Waals surface area contributed by atoms with Gasteiger partial charge < -0.3 is 5.73 Å². The van der Waals surface area contributed by atoms with Crippen molar-refractivity contribution in [1.29, 1.82) is 0 Å². The molecule has 2 fully saturated rings. The number of amides is 1. The normalized spacial score (nSPS) is 27.2. The van der Waals surface area contributed by atoms with Crippen LogP contribution in [0.4, 0.5) is 0 Å². The molecule has 2 saturated heterocycles. The second kappa shape index (κ2) is 6.41. The van der Waals surface area contributed by atoms with Crippen LogP contribution in [0.2, 0.25) is 0 Å². The molecular weight excluding hydrogens is 278 g/mol. The highest BCUT2D eigenvalue weighted by atomic mass is 32.2. The molecule has 6 nitrogen and oxygen atoms in total. The minimum Gasteiger partial charge on any atom is -0.368 e. The number of primary amides is 1. The van der Waals surface area contributed by atoms with Crippen LogP contribution >= 0.6 is 0 Å². The van der Waals surface area contributed by atoms with E-state index >= 15 is 0 Å². The molecule has 2 aliphatic rings. The van der Waals surface area contributed by atoms with E-state index in [1.54, 1.807) is 0 Å². The average molecular weight is 303 g/mol. The van der Waals surface area contributed by atoms with Gasteiger partial charge in [-0.3, -0.25) is 14.6 Å². The number of likely N-dealkylation sites (tertiary alicyclic amines) is 1. The topological polar surface area (TPSA) is 83.7 Å². The Balaban J connectivity index is 1.84. The Labute approximate surface area is 121 Å². The van der Waals surface area contributed by atoms with Crippen molar-refractivity contribution in [2.75, 3.05) is 37.7 Å². The first-order valence-corrected chi connectivity index (χ1v) is 9.23. The SMILES string of the molecule is CCC(C(N)=O)N1CCC(N2CCS(=O)(=O)CC2)CC1. The first-order chi connectivity index (χ1) is 9.43. The lowest BCUT2D eigenvalue weighted by Crippen LogP contribution is -2.54. The average Bonchev–Trinajstić information content (AvgIpc) is 2.40. The molecule has 0 aromatic rings.